The Morgan fingerprint density at radius 3 is 2.04 bits per heavy atom. The summed E-state index contributed by atoms with van der Waals surface area (Å²) in [4.78, 5) is 0. The van der Waals surface area contributed by atoms with Crippen LogP contribution in [0.15, 0.2) is 84.9 Å². The Balaban J connectivity index is 2.12. The Bertz CT molecular complexity index is 1040. The largest absolute Gasteiger partial charge is 0.389 e. The molecule has 0 spiro atoms. The molecule has 4 heteroatoms. The van der Waals surface area contributed by atoms with Crippen molar-refractivity contribution in [2.75, 3.05) is 5.33 Å². The maximum absolute atomic E-state index is 11.0. The number of rotatable bonds is 5. The molecule has 4 rings (SSSR count). The van der Waals surface area contributed by atoms with E-state index in [1.54, 1.807) is 0 Å². The number of benzene rings is 3. The van der Waals surface area contributed by atoms with Gasteiger partial charge in [-0.2, -0.15) is 0 Å². The first-order chi connectivity index (χ1) is 13.2. The molecule has 0 saturated heterocycles. The topological polar surface area (TPSA) is 45.4 Å². The molecule has 2 atom stereocenters. The molecular weight excluding hydrogens is 402 g/mol. The summed E-state index contributed by atoms with van der Waals surface area (Å²) in [6.07, 6.45) is -1.91. The van der Waals surface area contributed by atoms with Gasteiger partial charge >= 0.3 is 0 Å². The molecule has 3 aromatic carbocycles. The maximum atomic E-state index is 11.0. The maximum Gasteiger partial charge on any atom is 0.108 e. The van der Waals surface area contributed by atoms with E-state index in [1.807, 2.05) is 72.8 Å². The minimum atomic E-state index is -1.01. The number of para-hydroxylation sites is 2. The lowest BCUT2D eigenvalue weighted by Gasteiger charge is -2.19. The molecule has 136 valence electrons. The first kappa shape index (κ1) is 18.0. The van der Waals surface area contributed by atoms with Crippen LogP contribution in [0.2, 0.25) is 0 Å². The highest BCUT2D eigenvalue weighted by atomic mass is 79.9. The van der Waals surface area contributed by atoms with Gasteiger partial charge in [-0.25, -0.2) is 0 Å². The summed E-state index contributed by atoms with van der Waals surface area (Å²) in [5, 5.41) is 22.6. The average Bonchev–Trinajstić information content (AvgIpc) is 3.09. The van der Waals surface area contributed by atoms with Crippen molar-refractivity contribution in [2.24, 2.45) is 0 Å². The Labute approximate surface area is 166 Å². The van der Waals surface area contributed by atoms with Crippen LogP contribution in [0.25, 0.3) is 27.8 Å². The van der Waals surface area contributed by atoms with Gasteiger partial charge < -0.3 is 14.8 Å². The van der Waals surface area contributed by atoms with Crippen LogP contribution in [-0.2, 0) is 0 Å². The molecule has 27 heavy (non-hydrogen) atoms. The summed E-state index contributed by atoms with van der Waals surface area (Å²) in [7, 11) is 0. The summed E-state index contributed by atoms with van der Waals surface area (Å²) in [6.45, 7) is 0. The molecule has 0 saturated carbocycles. The van der Waals surface area contributed by atoms with Crippen LogP contribution >= 0.6 is 15.9 Å². The van der Waals surface area contributed by atoms with E-state index in [2.05, 4.69) is 32.6 Å². The van der Waals surface area contributed by atoms with E-state index in [4.69, 9.17) is 0 Å². The summed E-state index contributed by atoms with van der Waals surface area (Å²) in [5.41, 5.74) is 4.65. The smallest absolute Gasteiger partial charge is 0.108 e. The normalized spacial score (nSPS) is 13.6. The standard InChI is InChI=1S/C23H20BrNO2/c24-15-20(26)23(27)21-18-13-7-8-14-19(18)25(17-11-5-2-6-12-17)22(21)16-9-3-1-4-10-16/h1-14,20,23,26-27H,15H2. The second-order valence-corrected chi connectivity index (χ2v) is 7.13. The minimum Gasteiger partial charge on any atom is -0.389 e. The molecule has 0 radical (unpaired) electrons. The summed E-state index contributed by atoms with van der Waals surface area (Å²) in [6, 6.07) is 28.1. The monoisotopic (exact) mass is 421 g/mol. The Hall–Kier alpha value is -2.40. The van der Waals surface area contributed by atoms with E-state index < -0.39 is 12.2 Å². The number of alkyl halides is 1. The third-order valence-corrected chi connectivity index (χ3v) is 5.46. The highest BCUT2D eigenvalue weighted by molar-refractivity contribution is 9.09. The van der Waals surface area contributed by atoms with Gasteiger partial charge in [0.15, 0.2) is 0 Å². The third-order valence-electron chi connectivity index (χ3n) is 4.79. The summed E-state index contributed by atoms with van der Waals surface area (Å²) < 4.78 is 2.16. The van der Waals surface area contributed by atoms with Crippen molar-refractivity contribution in [1.82, 2.24) is 4.57 Å². The van der Waals surface area contributed by atoms with E-state index >= 15 is 0 Å². The molecule has 1 aromatic heterocycles. The molecule has 0 amide bonds. The molecule has 0 bridgehead atoms. The van der Waals surface area contributed by atoms with E-state index in [0.717, 1.165) is 33.4 Å². The number of aliphatic hydroxyl groups is 2. The molecule has 2 unspecified atom stereocenters. The van der Waals surface area contributed by atoms with Gasteiger partial charge in [-0.05, 0) is 23.8 Å². The SMILES string of the molecule is OC(CBr)C(O)c1c(-c2ccccc2)n(-c2ccccc2)c2ccccc12. The predicted molar refractivity (Wildman–Crippen MR) is 113 cm³/mol. The Morgan fingerprint density at radius 2 is 1.37 bits per heavy atom. The van der Waals surface area contributed by atoms with Crippen LogP contribution in [0.5, 0.6) is 0 Å². The Kier molecular flexibility index (Phi) is 5.12. The van der Waals surface area contributed by atoms with Gasteiger partial charge in [0.25, 0.3) is 0 Å². The van der Waals surface area contributed by atoms with Crippen molar-refractivity contribution < 1.29 is 10.2 Å². The number of hydrogen-bond donors (Lipinski definition) is 2. The van der Waals surface area contributed by atoms with Crippen molar-refractivity contribution in [3.63, 3.8) is 0 Å². The molecule has 0 aliphatic heterocycles. The van der Waals surface area contributed by atoms with Crippen molar-refractivity contribution in [1.29, 1.82) is 0 Å². The van der Waals surface area contributed by atoms with Gasteiger partial charge in [-0.3, -0.25) is 0 Å². The lowest BCUT2D eigenvalue weighted by molar-refractivity contribution is 0.0355. The zero-order chi connectivity index (χ0) is 18.8. The van der Waals surface area contributed by atoms with Crippen LogP contribution in [0.3, 0.4) is 0 Å². The van der Waals surface area contributed by atoms with Crippen LogP contribution < -0.4 is 0 Å². The minimum absolute atomic E-state index is 0.299. The van der Waals surface area contributed by atoms with E-state index in [0.29, 0.717) is 5.33 Å². The van der Waals surface area contributed by atoms with Gasteiger partial charge in [0.1, 0.15) is 6.10 Å². The third kappa shape index (κ3) is 3.21. The highest BCUT2D eigenvalue weighted by Gasteiger charge is 2.28. The van der Waals surface area contributed by atoms with Crippen LogP contribution in [0.4, 0.5) is 0 Å². The number of fused-ring (bicyclic) bond motifs is 1. The van der Waals surface area contributed by atoms with Gasteiger partial charge in [0, 0.05) is 22.0 Å². The molecule has 1 heterocycles. The fraction of sp³-hybridized carbons (Fsp3) is 0.130. The number of aliphatic hydroxyl groups excluding tert-OH is 2. The van der Waals surface area contributed by atoms with Gasteiger partial charge in [0.05, 0.1) is 17.3 Å². The van der Waals surface area contributed by atoms with Crippen LogP contribution in [0, 0.1) is 0 Å². The second-order valence-electron chi connectivity index (χ2n) is 6.48. The van der Waals surface area contributed by atoms with Gasteiger partial charge in [-0.15, -0.1) is 0 Å². The summed E-state index contributed by atoms with van der Waals surface area (Å²) >= 11 is 3.29. The molecule has 0 fully saturated rings. The fourth-order valence-corrected chi connectivity index (χ4v) is 3.92. The quantitative estimate of drug-likeness (QED) is 0.441. The fourth-order valence-electron chi connectivity index (χ4n) is 3.57. The number of hydrogen-bond acceptors (Lipinski definition) is 2. The van der Waals surface area contributed by atoms with Crippen molar-refractivity contribution >= 4 is 26.8 Å². The molecule has 0 aliphatic rings. The van der Waals surface area contributed by atoms with Crippen molar-refractivity contribution in [2.45, 2.75) is 12.2 Å². The van der Waals surface area contributed by atoms with E-state index in [9.17, 15) is 10.2 Å². The first-order valence-corrected chi connectivity index (χ1v) is 10.0. The van der Waals surface area contributed by atoms with Gasteiger partial charge in [-0.1, -0.05) is 82.7 Å². The van der Waals surface area contributed by atoms with Crippen molar-refractivity contribution in [3.8, 4) is 16.9 Å². The summed E-state index contributed by atoms with van der Waals surface area (Å²) in [5.74, 6) is 0. The highest BCUT2D eigenvalue weighted by Crippen LogP contribution is 2.40. The van der Waals surface area contributed by atoms with E-state index in [-0.39, 0.29) is 0 Å². The number of aromatic nitrogens is 1. The van der Waals surface area contributed by atoms with Gasteiger partial charge in [0.2, 0.25) is 0 Å². The average molecular weight is 422 g/mol. The van der Waals surface area contributed by atoms with Crippen LogP contribution in [0.1, 0.15) is 11.7 Å². The number of halogens is 1. The molecule has 4 aromatic rings. The number of nitrogens with zero attached hydrogens (tertiary/aromatic N) is 1. The lowest BCUT2D eigenvalue weighted by Crippen LogP contribution is -2.20. The van der Waals surface area contributed by atoms with E-state index in [1.165, 1.54) is 0 Å². The lowest BCUT2D eigenvalue weighted by atomic mass is 9.98. The zero-order valence-corrected chi connectivity index (χ0v) is 16.3. The molecular formula is C23H20BrNO2. The predicted octanol–water partition coefficient (Wildman–Crippen LogP) is 5.09. The van der Waals surface area contributed by atoms with Crippen molar-refractivity contribution in [3.05, 3.63) is 90.5 Å². The second kappa shape index (κ2) is 7.69. The zero-order valence-electron chi connectivity index (χ0n) is 14.7. The molecule has 0 aliphatic carbocycles. The Morgan fingerprint density at radius 1 is 0.778 bits per heavy atom. The first-order valence-electron chi connectivity index (χ1n) is 8.88. The molecule has 2 N–H and O–H groups in total. The molecule has 3 nitrogen and oxygen atoms in total. The van der Waals surface area contributed by atoms with Crippen LogP contribution in [-0.4, -0.2) is 26.2 Å².